The first kappa shape index (κ1) is 21.5. The molecule has 27 heavy (non-hydrogen) atoms. The van der Waals surface area contributed by atoms with E-state index in [-0.39, 0.29) is 46.8 Å². The topological polar surface area (TPSA) is 60.1 Å². The maximum absolute atomic E-state index is 12.5. The summed E-state index contributed by atoms with van der Waals surface area (Å²) in [4.78, 5) is 12.5. The fourth-order valence-corrected chi connectivity index (χ4v) is 7.12. The zero-order chi connectivity index (χ0) is 20.4. The molecule has 1 aliphatic carbocycles. The second-order valence-corrected chi connectivity index (χ2v) is 20.4. The van der Waals surface area contributed by atoms with Crippen molar-refractivity contribution in [1.82, 2.24) is 5.32 Å². The van der Waals surface area contributed by atoms with E-state index >= 15 is 0 Å². The number of β-lactam (4-membered cyclic amide) rings is 1. The molecule has 1 N–H and O–H groups in total. The monoisotopic (exact) mass is 413 g/mol. The third kappa shape index (κ3) is 3.82. The molecule has 0 aromatic heterocycles. The lowest BCUT2D eigenvalue weighted by Gasteiger charge is -2.49. The van der Waals surface area contributed by atoms with Crippen LogP contribution in [0.25, 0.3) is 0 Å². The van der Waals surface area contributed by atoms with Crippen LogP contribution in [-0.2, 0) is 18.4 Å². The maximum Gasteiger partial charge on any atom is 0.228 e. The van der Waals surface area contributed by atoms with Gasteiger partial charge in [-0.15, -0.1) is 0 Å². The van der Waals surface area contributed by atoms with Crippen LogP contribution in [0.1, 0.15) is 47.0 Å². The minimum Gasteiger partial charge on any atom is -0.413 e. The van der Waals surface area contributed by atoms with Gasteiger partial charge in [0.25, 0.3) is 0 Å². The molecular weight excluding hydrogens is 374 g/mol. The van der Waals surface area contributed by atoms with E-state index in [1.54, 1.807) is 0 Å². The van der Waals surface area contributed by atoms with Gasteiger partial charge in [0.1, 0.15) is 5.60 Å². The molecule has 3 rings (SSSR count). The minimum atomic E-state index is -1.93. The fourth-order valence-electron chi connectivity index (χ4n) is 4.53. The van der Waals surface area contributed by atoms with Gasteiger partial charge in [-0.05, 0) is 64.0 Å². The number of rotatable bonds is 6. The molecule has 0 aromatic rings. The summed E-state index contributed by atoms with van der Waals surface area (Å²) in [5.41, 5.74) is -0.331. The van der Waals surface area contributed by atoms with E-state index in [2.05, 4.69) is 65.7 Å². The Morgan fingerprint density at radius 1 is 1.19 bits per heavy atom. The Hall–Kier alpha value is -0.216. The summed E-state index contributed by atoms with van der Waals surface area (Å²) in [6.45, 7) is 20.0. The lowest BCUT2D eigenvalue weighted by molar-refractivity contribution is -0.145. The average molecular weight is 414 g/mol. The number of amides is 1. The Balaban J connectivity index is 1.77. The Bertz CT molecular complexity index is 598. The molecule has 1 saturated carbocycles. The third-order valence-corrected chi connectivity index (χ3v) is 12.5. The van der Waals surface area contributed by atoms with E-state index in [9.17, 15) is 4.79 Å². The summed E-state index contributed by atoms with van der Waals surface area (Å²) in [6.07, 6.45) is 3.46. The molecule has 0 aromatic carbocycles. The van der Waals surface area contributed by atoms with Crippen molar-refractivity contribution in [3.05, 3.63) is 0 Å². The van der Waals surface area contributed by atoms with Gasteiger partial charge in [0.2, 0.25) is 5.91 Å². The lowest BCUT2D eigenvalue weighted by atomic mass is 9.71. The highest BCUT2D eigenvalue weighted by Gasteiger charge is 2.73. The van der Waals surface area contributed by atoms with Gasteiger partial charge in [0.05, 0.1) is 30.3 Å². The van der Waals surface area contributed by atoms with Crippen molar-refractivity contribution in [1.29, 1.82) is 0 Å². The number of hydrogen-bond donors (Lipinski definition) is 1. The van der Waals surface area contributed by atoms with E-state index in [1.807, 2.05) is 0 Å². The van der Waals surface area contributed by atoms with Crippen LogP contribution in [0.15, 0.2) is 0 Å². The van der Waals surface area contributed by atoms with Gasteiger partial charge in [-0.25, -0.2) is 0 Å². The number of ether oxygens (including phenoxy) is 1. The smallest absolute Gasteiger partial charge is 0.228 e. The predicted molar refractivity (Wildman–Crippen MR) is 113 cm³/mol. The zero-order valence-electron chi connectivity index (χ0n) is 18.6. The Kier molecular flexibility index (Phi) is 5.30. The SMILES string of the molecule is C[C@@H](O[Si](C)(C)C(C)(C)C)[C@H]1C(=O)N[C@H]1C12O[C@H]1CCC[C@H]2O[Si](C)(C)C. The highest BCUT2D eigenvalue weighted by molar-refractivity contribution is 6.74. The largest absolute Gasteiger partial charge is 0.413 e. The van der Waals surface area contributed by atoms with Gasteiger partial charge >= 0.3 is 0 Å². The van der Waals surface area contributed by atoms with Gasteiger partial charge in [0.15, 0.2) is 16.6 Å². The van der Waals surface area contributed by atoms with E-state index in [4.69, 9.17) is 13.6 Å². The van der Waals surface area contributed by atoms with Crippen molar-refractivity contribution in [3.63, 3.8) is 0 Å². The molecule has 7 heteroatoms. The van der Waals surface area contributed by atoms with Crippen LogP contribution in [0.4, 0.5) is 0 Å². The molecule has 5 nitrogen and oxygen atoms in total. The molecule has 0 radical (unpaired) electrons. The number of hydrogen-bond acceptors (Lipinski definition) is 4. The Labute approximate surface area is 167 Å². The van der Waals surface area contributed by atoms with E-state index in [1.165, 1.54) is 0 Å². The molecule has 3 aliphatic rings. The molecule has 2 aliphatic heterocycles. The first-order valence-corrected chi connectivity index (χ1v) is 16.8. The Morgan fingerprint density at radius 3 is 2.33 bits per heavy atom. The first-order chi connectivity index (χ1) is 12.2. The summed E-state index contributed by atoms with van der Waals surface area (Å²) < 4.78 is 19.4. The van der Waals surface area contributed by atoms with Gasteiger partial charge < -0.3 is 18.9 Å². The van der Waals surface area contributed by atoms with Crippen molar-refractivity contribution in [2.45, 2.75) is 115 Å². The molecule has 6 atom stereocenters. The molecule has 0 spiro atoms. The van der Waals surface area contributed by atoms with Crippen LogP contribution in [0.2, 0.25) is 37.8 Å². The van der Waals surface area contributed by atoms with E-state index in [0.29, 0.717) is 0 Å². The quantitative estimate of drug-likeness (QED) is 0.405. The van der Waals surface area contributed by atoms with Crippen LogP contribution < -0.4 is 5.32 Å². The minimum absolute atomic E-state index is 0.0106. The number of epoxide rings is 1. The predicted octanol–water partition coefficient (Wildman–Crippen LogP) is 4.05. The Morgan fingerprint density at radius 2 is 1.81 bits per heavy atom. The lowest BCUT2D eigenvalue weighted by Crippen LogP contribution is -2.72. The molecule has 1 amide bonds. The summed E-state index contributed by atoms with van der Waals surface area (Å²) in [6, 6.07) is 0.0106. The van der Waals surface area contributed by atoms with Crippen LogP contribution >= 0.6 is 0 Å². The number of fused-ring (bicyclic) bond motifs is 1. The second-order valence-electron chi connectivity index (χ2n) is 11.2. The van der Waals surface area contributed by atoms with Crippen LogP contribution in [0.5, 0.6) is 0 Å². The van der Waals surface area contributed by atoms with Crippen LogP contribution in [-0.4, -0.2) is 52.5 Å². The highest BCUT2D eigenvalue weighted by Crippen LogP contribution is 2.55. The molecular formula is C20H39NO4Si2. The molecule has 3 fully saturated rings. The summed E-state index contributed by atoms with van der Waals surface area (Å²) >= 11 is 0. The van der Waals surface area contributed by atoms with Crippen molar-refractivity contribution in [3.8, 4) is 0 Å². The molecule has 1 unspecified atom stereocenters. The summed E-state index contributed by atoms with van der Waals surface area (Å²) in [7, 11) is -3.62. The second kappa shape index (κ2) is 6.65. The molecule has 156 valence electrons. The fraction of sp³-hybridized carbons (Fsp3) is 0.950. The van der Waals surface area contributed by atoms with Gasteiger partial charge in [-0.1, -0.05) is 20.8 Å². The van der Waals surface area contributed by atoms with Crippen molar-refractivity contribution >= 4 is 22.5 Å². The van der Waals surface area contributed by atoms with Gasteiger partial charge in [0, 0.05) is 0 Å². The van der Waals surface area contributed by atoms with Crippen molar-refractivity contribution in [2.24, 2.45) is 5.92 Å². The third-order valence-electron chi connectivity index (χ3n) is 6.96. The van der Waals surface area contributed by atoms with Crippen molar-refractivity contribution in [2.75, 3.05) is 0 Å². The normalized spacial score (nSPS) is 37.9. The number of carbonyl (C=O) groups excluding carboxylic acids is 1. The highest BCUT2D eigenvalue weighted by atomic mass is 28.4. The van der Waals surface area contributed by atoms with Gasteiger partial charge in [-0.3, -0.25) is 4.79 Å². The standard InChI is InChI=1S/C20H39NO4Si2/c1-13(24-27(8,9)19(2,3)4)16-17(21-18(16)22)20-14(23-20)11-10-12-15(20)25-26(5,6)7/h13-17H,10-12H2,1-9H3,(H,21,22)/t13-,14+,15-,16-,17-,20?/m1/s1. The van der Waals surface area contributed by atoms with E-state index < -0.39 is 16.6 Å². The number of nitrogens with one attached hydrogen (secondary N) is 1. The maximum atomic E-state index is 12.5. The molecule has 0 bridgehead atoms. The zero-order valence-corrected chi connectivity index (χ0v) is 20.6. The van der Waals surface area contributed by atoms with Crippen LogP contribution in [0.3, 0.4) is 0 Å². The summed E-state index contributed by atoms with van der Waals surface area (Å²) in [5.74, 6) is -0.0397. The molecule has 2 saturated heterocycles. The average Bonchev–Trinajstić information content (AvgIpc) is 3.17. The number of carbonyl (C=O) groups is 1. The first-order valence-electron chi connectivity index (χ1n) is 10.5. The van der Waals surface area contributed by atoms with E-state index in [0.717, 1.165) is 19.3 Å². The molecule has 2 heterocycles. The van der Waals surface area contributed by atoms with Crippen LogP contribution in [0, 0.1) is 5.92 Å². The van der Waals surface area contributed by atoms with Gasteiger partial charge in [-0.2, -0.15) is 0 Å². The summed E-state index contributed by atoms with van der Waals surface area (Å²) in [5, 5.41) is 3.30. The van der Waals surface area contributed by atoms with Crippen molar-refractivity contribution < 1.29 is 18.4 Å².